The van der Waals surface area contributed by atoms with E-state index in [9.17, 15) is 4.79 Å². The first-order valence-electron chi connectivity index (χ1n) is 5.81. The van der Waals surface area contributed by atoms with Gasteiger partial charge in [-0.3, -0.25) is 4.79 Å². The second-order valence-electron chi connectivity index (χ2n) is 3.88. The Kier molecular flexibility index (Phi) is 4.39. The number of amides is 1. The fourth-order valence-corrected chi connectivity index (χ4v) is 2.73. The lowest BCUT2D eigenvalue weighted by Gasteiger charge is -2.05. The van der Waals surface area contributed by atoms with Crippen LogP contribution < -0.4 is 5.32 Å². The van der Waals surface area contributed by atoms with Gasteiger partial charge < -0.3 is 5.32 Å². The Morgan fingerprint density at radius 3 is 2.61 bits per heavy atom. The van der Waals surface area contributed by atoms with E-state index >= 15 is 0 Å². The van der Waals surface area contributed by atoms with Gasteiger partial charge in [-0.15, -0.1) is 11.3 Å². The molecule has 0 saturated heterocycles. The first-order valence-corrected chi connectivity index (χ1v) is 7.00. The van der Waals surface area contributed by atoms with Crippen LogP contribution in [0, 0.1) is 0 Å². The molecule has 1 aromatic heterocycles. The van der Waals surface area contributed by atoms with E-state index in [1.807, 2.05) is 6.07 Å². The molecule has 1 heterocycles. The second kappa shape index (κ2) is 6.03. The van der Waals surface area contributed by atoms with Crippen molar-refractivity contribution >= 4 is 28.8 Å². The first-order chi connectivity index (χ1) is 8.70. The number of nitrogens with one attached hydrogen (secondary N) is 1. The fourth-order valence-electron chi connectivity index (χ4n) is 1.62. The lowest BCUT2D eigenvalue weighted by molar-refractivity contribution is 0.0951. The Hall–Kier alpha value is -1.32. The van der Waals surface area contributed by atoms with Crippen LogP contribution >= 0.6 is 22.9 Å². The predicted octanol–water partition coefficient (Wildman–Crippen LogP) is 3.89. The Morgan fingerprint density at radius 1 is 1.22 bits per heavy atom. The van der Waals surface area contributed by atoms with Gasteiger partial charge in [-0.1, -0.05) is 30.7 Å². The molecule has 2 rings (SSSR count). The summed E-state index contributed by atoms with van der Waals surface area (Å²) in [5.41, 5.74) is 0.520. The summed E-state index contributed by atoms with van der Waals surface area (Å²) in [5.74, 6) is -0.132. The fraction of sp³-hybridized carbons (Fsp3) is 0.214. The molecule has 1 amide bonds. The lowest BCUT2D eigenvalue weighted by Crippen LogP contribution is -2.22. The number of hydrogen-bond acceptors (Lipinski definition) is 2. The van der Waals surface area contributed by atoms with Crippen LogP contribution in [-0.2, 0) is 13.0 Å². The van der Waals surface area contributed by atoms with Gasteiger partial charge >= 0.3 is 0 Å². The van der Waals surface area contributed by atoms with Crippen LogP contribution in [0.4, 0.5) is 0 Å². The number of hydrogen-bond donors (Lipinski definition) is 1. The second-order valence-corrected chi connectivity index (χ2v) is 5.54. The van der Waals surface area contributed by atoms with Crippen molar-refractivity contribution in [2.45, 2.75) is 19.9 Å². The number of rotatable bonds is 4. The quantitative estimate of drug-likeness (QED) is 0.904. The van der Waals surface area contributed by atoms with Gasteiger partial charge in [0.15, 0.2) is 0 Å². The standard InChI is InChI=1S/C14H14ClNOS/c1-2-10-7-8-11(18-10)9-16-14(17)12-5-3-4-6-13(12)15/h3-8H,2,9H2,1H3,(H,16,17). The molecule has 0 aliphatic rings. The molecule has 1 N–H and O–H groups in total. The van der Waals surface area contributed by atoms with Gasteiger partial charge in [-0.25, -0.2) is 0 Å². The summed E-state index contributed by atoms with van der Waals surface area (Å²) in [7, 11) is 0. The Bertz CT molecular complexity index is 550. The molecule has 94 valence electrons. The summed E-state index contributed by atoms with van der Waals surface area (Å²) < 4.78 is 0. The number of thiophene rings is 1. The third kappa shape index (κ3) is 3.12. The number of carbonyl (C=O) groups excluding carboxylic acids is 1. The van der Waals surface area contributed by atoms with E-state index < -0.39 is 0 Å². The predicted molar refractivity (Wildman–Crippen MR) is 76.3 cm³/mol. The van der Waals surface area contributed by atoms with Crippen LogP contribution in [0.2, 0.25) is 5.02 Å². The third-order valence-corrected chi connectivity index (χ3v) is 4.17. The summed E-state index contributed by atoms with van der Waals surface area (Å²) in [6.07, 6.45) is 1.03. The van der Waals surface area contributed by atoms with Gasteiger partial charge in [0, 0.05) is 9.75 Å². The van der Waals surface area contributed by atoms with E-state index in [-0.39, 0.29) is 5.91 Å². The first kappa shape index (κ1) is 13.1. The Morgan fingerprint density at radius 2 is 1.94 bits per heavy atom. The zero-order valence-corrected chi connectivity index (χ0v) is 11.6. The smallest absolute Gasteiger partial charge is 0.253 e. The molecule has 2 aromatic rings. The molecule has 0 spiro atoms. The molecule has 18 heavy (non-hydrogen) atoms. The minimum Gasteiger partial charge on any atom is -0.347 e. The average molecular weight is 280 g/mol. The van der Waals surface area contributed by atoms with E-state index in [1.165, 1.54) is 4.88 Å². The van der Waals surface area contributed by atoms with Crippen molar-refractivity contribution in [2.24, 2.45) is 0 Å². The molecule has 0 fully saturated rings. The summed E-state index contributed by atoms with van der Waals surface area (Å²) in [6, 6.07) is 11.2. The zero-order valence-electron chi connectivity index (χ0n) is 10.1. The van der Waals surface area contributed by atoms with Crippen LogP contribution in [0.3, 0.4) is 0 Å². The molecule has 0 aliphatic heterocycles. The van der Waals surface area contributed by atoms with E-state index in [2.05, 4.69) is 24.4 Å². The van der Waals surface area contributed by atoms with E-state index in [4.69, 9.17) is 11.6 Å². The highest BCUT2D eigenvalue weighted by atomic mass is 35.5. The normalized spacial score (nSPS) is 10.3. The molecule has 1 aromatic carbocycles. The van der Waals surface area contributed by atoms with Crippen molar-refractivity contribution in [3.63, 3.8) is 0 Å². The summed E-state index contributed by atoms with van der Waals surface area (Å²) in [6.45, 7) is 2.67. The maximum absolute atomic E-state index is 11.9. The molecular weight excluding hydrogens is 266 g/mol. The van der Waals surface area contributed by atoms with Crippen molar-refractivity contribution < 1.29 is 4.79 Å². The number of halogens is 1. The molecule has 2 nitrogen and oxygen atoms in total. The lowest BCUT2D eigenvalue weighted by atomic mass is 10.2. The third-order valence-electron chi connectivity index (χ3n) is 2.61. The topological polar surface area (TPSA) is 29.1 Å². The van der Waals surface area contributed by atoms with Crippen LogP contribution in [0.15, 0.2) is 36.4 Å². The highest BCUT2D eigenvalue weighted by Crippen LogP contribution is 2.18. The monoisotopic (exact) mass is 279 g/mol. The van der Waals surface area contributed by atoms with Gasteiger partial charge in [0.2, 0.25) is 0 Å². The van der Waals surface area contributed by atoms with Crippen LogP contribution in [0.25, 0.3) is 0 Å². The van der Waals surface area contributed by atoms with Crippen molar-refractivity contribution in [3.8, 4) is 0 Å². The van der Waals surface area contributed by atoms with Crippen LogP contribution in [0.5, 0.6) is 0 Å². The maximum atomic E-state index is 11.9. The minimum absolute atomic E-state index is 0.132. The molecule has 0 radical (unpaired) electrons. The summed E-state index contributed by atoms with van der Waals surface area (Å²) in [5, 5.41) is 3.36. The van der Waals surface area contributed by atoms with Gasteiger partial charge in [0.05, 0.1) is 17.1 Å². The molecule has 4 heteroatoms. The van der Waals surface area contributed by atoms with Crippen molar-refractivity contribution in [1.82, 2.24) is 5.32 Å². The maximum Gasteiger partial charge on any atom is 0.253 e. The number of carbonyl (C=O) groups is 1. The summed E-state index contributed by atoms with van der Waals surface area (Å²) in [4.78, 5) is 14.4. The van der Waals surface area contributed by atoms with Gasteiger partial charge in [0.1, 0.15) is 0 Å². The van der Waals surface area contributed by atoms with Crippen LogP contribution in [-0.4, -0.2) is 5.91 Å². The van der Waals surface area contributed by atoms with Gasteiger partial charge in [-0.05, 0) is 30.7 Å². The highest BCUT2D eigenvalue weighted by molar-refractivity contribution is 7.11. The van der Waals surface area contributed by atoms with Crippen molar-refractivity contribution in [3.05, 3.63) is 56.7 Å². The number of benzene rings is 1. The van der Waals surface area contributed by atoms with Crippen LogP contribution in [0.1, 0.15) is 27.0 Å². The molecule has 0 saturated carbocycles. The van der Waals surface area contributed by atoms with Gasteiger partial charge in [0.25, 0.3) is 5.91 Å². The minimum atomic E-state index is -0.132. The Labute approximate surface area is 116 Å². The average Bonchev–Trinajstić information content (AvgIpc) is 2.84. The molecule has 0 bridgehead atoms. The largest absolute Gasteiger partial charge is 0.347 e. The summed E-state index contributed by atoms with van der Waals surface area (Å²) >= 11 is 7.70. The number of aryl methyl sites for hydroxylation is 1. The molecule has 0 atom stereocenters. The molecule has 0 aliphatic carbocycles. The van der Waals surface area contributed by atoms with E-state index in [0.717, 1.165) is 11.3 Å². The molecular formula is C14H14ClNOS. The SMILES string of the molecule is CCc1ccc(CNC(=O)c2ccccc2Cl)s1. The van der Waals surface area contributed by atoms with E-state index in [0.29, 0.717) is 17.1 Å². The zero-order chi connectivity index (χ0) is 13.0. The highest BCUT2D eigenvalue weighted by Gasteiger charge is 2.09. The van der Waals surface area contributed by atoms with Crippen molar-refractivity contribution in [1.29, 1.82) is 0 Å². The molecule has 0 unspecified atom stereocenters. The Balaban J connectivity index is 1.98. The van der Waals surface area contributed by atoms with Crippen molar-refractivity contribution in [2.75, 3.05) is 0 Å². The van der Waals surface area contributed by atoms with Gasteiger partial charge in [-0.2, -0.15) is 0 Å². The van der Waals surface area contributed by atoms with E-state index in [1.54, 1.807) is 29.5 Å².